The highest BCUT2D eigenvalue weighted by molar-refractivity contribution is 6.20. The van der Waals surface area contributed by atoms with Gasteiger partial charge in [0.05, 0.1) is 12.2 Å². The first-order valence-electron chi connectivity index (χ1n) is 14.8. The summed E-state index contributed by atoms with van der Waals surface area (Å²) in [6.07, 6.45) is 5.93. The summed E-state index contributed by atoms with van der Waals surface area (Å²) in [4.78, 5) is 29.4. The predicted molar refractivity (Wildman–Crippen MR) is 156 cm³/mol. The highest BCUT2D eigenvalue weighted by Crippen LogP contribution is 2.70. The van der Waals surface area contributed by atoms with Crippen molar-refractivity contribution in [1.29, 1.82) is 0 Å². The molecule has 7 rings (SSSR count). The highest BCUT2D eigenvalue weighted by Gasteiger charge is 2.85. The summed E-state index contributed by atoms with van der Waals surface area (Å²) in [5.41, 5.74) is -2.82. The van der Waals surface area contributed by atoms with Crippen molar-refractivity contribution in [3.05, 3.63) is 51.6 Å². The van der Waals surface area contributed by atoms with Crippen molar-refractivity contribution in [3.8, 4) is 17.2 Å². The Kier molecular flexibility index (Phi) is 6.11. The number of rotatable bonds is 6. The van der Waals surface area contributed by atoms with Gasteiger partial charge in [0.25, 0.3) is 0 Å². The summed E-state index contributed by atoms with van der Waals surface area (Å²) >= 11 is 0. The first kappa shape index (κ1) is 29.1. The molecule has 42 heavy (non-hydrogen) atoms. The number of hydrogen-bond donors (Lipinski definition) is 2. The molecular weight excluding hydrogens is 536 g/mol. The quantitative estimate of drug-likeness (QED) is 0.451. The predicted octanol–water partition coefficient (Wildman–Crippen LogP) is 5.06. The Morgan fingerprint density at radius 3 is 2.36 bits per heavy atom. The van der Waals surface area contributed by atoms with Gasteiger partial charge in [-0.1, -0.05) is 37.1 Å². The summed E-state index contributed by atoms with van der Waals surface area (Å²) in [5, 5.41) is 22.5. The molecule has 8 nitrogen and oxygen atoms in total. The Bertz CT molecular complexity index is 1520. The number of phenols is 1. The number of methoxy groups -OCH3 is 1. The van der Waals surface area contributed by atoms with Crippen LogP contribution in [0.3, 0.4) is 0 Å². The lowest BCUT2D eigenvalue weighted by atomic mass is 9.49. The maximum Gasteiger partial charge on any atom is 0.205 e. The molecule has 226 valence electrons. The van der Waals surface area contributed by atoms with Gasteiger partial charge in [-0.15, -0.1) is 0 Å². The molecule has 0 aromatic heterocycles. The number of aliphatic hydroxyl groups excluding tert-OH is 1. The number of fused-ring (bicyclic) bond motifs is 3. The molecule has 6 aliphatic rings. The fraction of sp³-hybridized carbons (Fsp3) is 0.588. The average Bonchev–Trinajstić information content (AvgIpc) is 3.26. The molecule has 4 bridgehead atoms. The summed E-state index contributed by atoms with van der Waals surface area (Å²) in [6, 6.07) is 0. The Balaban J connectivity index is 1.72. The van der Waals surface area contributed by atoms with Crippen LogP contribution in [-0.4, -0.2) is 64.0 Å². The number of aromatic hydroxyl groups is 1. The van der Waals surface area contributed by atoms with E-state index in [4.69, 9.17) is 18.9 Å². The van der Waals surface area contributed by atoms with Crippen LogP contribution in [0, 0.1) is 5.92 Å². The van der Waals surface area contributed by atoms with Gasteiger partial charge >= 0.3 is 0 Å². The van der Waals surface area contributed by atoms with Crippen LogP contribution < -0.4 is 9.47 Å². The summed E-state index contributed by atoms with van der Waals surface area (Å²) in [7, 11) is 1.46. The van der Waals surface area contributed by atoms with Crippen LogP contribution in [0.4, 0.5) is 0 Å². The third-order valence-corrected chi connectivity index (χ3v) is 10.6. The lowest BCUT2D eigenvalue weighted by Gasteiger charge is -2.59. The first-order valence-corrected chi connectivity index (χ1v) is 14.8. The molecule has 6 atom stereocenters. The van der Waals surface area contributed by atoms with Gasteiger partial charge in [-0.05, 0) is 60.5 Å². The lowest BCUT2D eigenvalue weighted by Crippen LogP contribution is -2.77. The largest absolute Gasteiger partial charge is 0.507 e. The van der Waals surface area contributed by atoms with Crippen LogP contribution in [0.1, 0.15) is 89.7 Å². The van der Waals surface area contributed by atoms with Crippen molar-refractivity contribution < 1.29 is 38.7 Å². The van der Waals surface area contributed by atoms with Crippen LogP contribution in [0.2, 0.25) is 0 Å². The number of benzene rings is 1. The van der Waals surface area contributed by atoms with E-state index in [-0.39, 0.29) is 54.0 Å². The topological polar surface area (TPSA) is 112 Å². The van der Waals surface area contributed by atoms with E-state index in [9.17, 15) is 19.8 Å². The fourth-order valence-electron chi connectivity index (χ4n) is 7.98. The Morgan fingerprint density at radius 2 is 1.76 bits per heavy atom. The van der Waals surface area contributed by atoms with Crippen LogP contribution in [0.15, 0.2) is 34.9 Å². The molecule has 3 aliphatic carbocycles. The molecule has 0 unspecified atom stereocenters. The molecule has 3 aliphatic heterocycles. The molecule has 2 fully saturated rings. The minimum absolute atomic E-state index is 0.0715. The van der Waals surface area contributed by atoms with E-state index in [1.807, 2.05) is 60.6 Å². The second-order valence-electron chi connectivity index (χ2n) is 14.0. The van der Waals surface area contributed by atoms with Gasteiger partial charge < -0.3 is 29.2 Å². The maximum atomic E-state index is 14.8. The van der Waals surface area contributed by atoms with E-state index < -0.39 is 39.5 Å². The zero-order chi connectivity index (χ0) is 30.8. The summed E-state index contributed by atoms with van der Waals surface area (Å²) in [5.74, 6) is -0.774. The molecule has 1 aromatic carbocycles. The number of hydrogen-bond acceptors (Lipinski definition) is 8. The third-order valence-electron chi connectivity index (χ3n) is 10.6. The molecule has 3 heterocycles. The second kappa shape index (κ2) is 8.80. The smallest absolute Gasteiger partial charge is 0.205 e. The number of carbonyl (C=O) groups excluding carboxylic acids is 2. The van der Waals surface area contributed by atoms with Gasteiger partial charge in [0.15, 0.2) is 17.0 Å². The number of aliphatic hydroxyl groups is 1. The monoisotopic (exact) mass is 578 g/mol. The lowest BCUT2D eigenvalue weighted by molar-refractivity contribution is -0.191. The number of ether oxygens (including phenoxy) is 4. The van der Waals surface area contributed by atoms with E-state index in [1.165, 1.54) is 7.11 Å². The third kappa shape index (κ3) is 3.23. The van der Waals surface area contributed by atoms with Gasteiger partial charge in [0, 0.05) is 41.6 Å². The van der Waals surface area contributed by atoms with Crippen LogP contribution in [0.5, 0.6) is 17.2 Å². The molecule has 1 saturated heterocycles. The average molecular weight is 579 g/mol. The molecule has 1 spiro atoms. The normalized spacial score (nSPS) is 36.4. The molecule has 0 radical (unpaired) electrons. The van der Waals surface area contributed by atoms with E-state index >= 15 is 0 Å². The zero-order valence-electron chi connectivity index (χ0n) is 26.1. The van der Waals surface area contributed by atoms with Gasteiger partial charge in [0.2, 0.25) is 5.78 Å². The standard InChI is InChI=1S/C34H42O8/c1-17(2)10-11-20-25(36)23-26(37)21-14-32(39-9)15-22-31(8,16-35)42-33(29(32)38,13-12-18(3)4)34(21,22)41-28(23)24-27(20)40-19(5)30(24,6)7/h10,12,14,19,22,35-36H,11,13,15-16H2,1-9H3/t19-,22+,31+,32-,33-,34-/m1/s1. The Labute approximate surface area is 247 Å². The van der Waals surface area contributed by atoms with Gasteiger partial charge in [-0.25, -0.2) is 0 Å². The van der Waals surface area contributed by atoms with Crippen molar-refractivity contribution in [2.24, 2.45) is 5.92 Å². The molecule has 8 heteroatoms. The Morgan fingerprint density at radius 1 is 1.10 bits per heavy atom. The van der Waals surface area contributed by atoms with Crippen molar-refractivity contribution in [2.45, 2.75) is 109 Å². The minimum Gasteiger partial charge on any atom is -0.507 e. The van der Waals surface area contributed by atoms with E-state index in [0.29, 0.717) is 23.3 Å². The second-order valence-corrected chi connectivity index (χ2v) is 14.0. The van der Waals surface area contributed by atoms with Gasteiger partial charge in [-0.2, -0.15) is 0 Å². The number of allylic oxidation sites excluding steroid dienone is 3. The minimum atomic E-state index is -1.64. The van der Waals surface area contributed by atoms with Crippen LogP contribution in [0.25, 0.3) is 0 Å². The summed E-state index contributed by atoms with van der Waals surface area (Å²) < 4.78 is 26.2. The van der Waals surface area contributed by atoms with Crippen molar-refractivity contribution in [3.63, 3.8) is 0 Å². The SMILES string of the molecule is CO[C@]12C=C3C(=O)c4c(O)c(CC=C(C)C)c5c(c4O[C@@]34[C@@H](C1)[C@](C)(CO)O[C@]4(CC=C(C)C)C2=O)C(C)(C)[C@@H](C)O5. The molecule has 1 aromatic rings. The highest BCUT2D eigenvalue weighted by atomic mass is 16.6. The van der Waals surface area contributed by atoms with Gasteiger partial charge in [-0.3, -0.25) is 9.59 Å². The van der Waals surface area contributed by atoms with Crippen LogP contribution >= 0.6 is 0 Å². The van der Waals surface area contributed by atoms with Crippen molar-refractivity contribution in [2.75, 3.05) is 13.7 Å². The fourth-order valence-corrected chi connectivity index (χ4v) is 7.98. The van der Waals surface area contributed by atoms with Crippen molar-refractivity contribution in [1.82, 2.24) is 0 Å². The van der Waals surface area contributed by atoms with E-state index in [0.717, 1.165) is 11.1 Å². The molecule has 0 amide bonds. The Hall–Kier alpha value is -2.94. The van der Waals surface area contributed by atoms with E-state index in [1.54, 1.807) is 13.0 Å². The first-order chi connectivity index (χ1) is 19.6. The van der Waals surface area contributed by atoms with Gasteiger partial charge in [0.1, 0.15) is 34.5 Å². The maximum absolute atomic E-state index is 14.8. The number of ketones is 2. The van der Waals surface area contributed by atoms with E-state index in [2.05, 4.69) is 0 Å². The number of carbonyl (C=O) groups is 2. The van der Waals surface area contributed by atoms with Crippen molar-refractivity contribution >= 4 is 11.6 Å². The molecule has 1 saturated carbocycles. The molecular formula is C34H42O8. The number of Topliss-reactive ketones (excluding diaryl/α,β-unsaturated/α-hetero) is 2. The summed E-state index contributed by atoms with van der Waals surface area (Å²) in [6.45, 7) is 15.3. The zero-order valence-corrected chi connectivity index (χ0v) is 26.1. The molecule has 2 N–H and O–H groups in total. The van der Waals surface area contributed by atoms with Crippen LogP contribution in [-0.2, 0) is 26.1 Å². The number of phenolic OH excluding ortho intramolecular Hbond substituents is 1.